The third-order valence-electron chi connectivity index (χ3n) is 4.58. The number of nitrogens with one attached hydrogen (secondary N) is 1. The molecule has 6 heteroatoms. The van der Waals surface area contributed by atoms with Gasteiger partial charge < -0.3 is 5.32 Å². The van der Waals surface area contributed by atoms with Crippen LogP contribution in [0.15, 0.2) is 48.5 Å². The average molecular weight is 389 g/mol. The van der Waals surface area contributed by atoms with Crippen molar-refractivity contribution < 1.29 is 13.2 Å². The Hall–Kier alpha value is -2.34. The molecule has 0 aliphatic carbocycles. The van der Waals surface area contributed by atoms with Gasteiger partial charge in [-0.2, -0.15) is 0 Å². The Morgan fingerprint density at radius 3 is 1.93 bits per heavy atom. The molecule has 0 aliphatic rings. The molecule has 1 amide bonds. The first-order valence-corrected chi connectivity index (χ1v) is 10.9. The van der Waals surface area contributed by atoms with E-state index in [0.29, 0.717) is 12.1 Å². The van der Waals surface area contributed by atoms with Crippen molar-refractivity contribution in [3.8, 4) is 0 Å². The highest BCUT2D eigenvalue weighted by atomic mass is 32.2. The Balaban J connectivity index is 2.26. The summed E-state index contributed by atoms with van der Waals surface area (Å²) in [5, 5.41) is 2.99. The second-order valence-corrected chi connectivity index (χ2v) is 8.81. The van der Waals surface area contributed by atoms with E-state index in [0.717, 1.165) is 22.9 Å². The van der Waals surface area contributed by atoms with Crippen molar-refractivity contribution in [3.05, 3.63) is 65.2 Å². The van der Waals surface area contributed by atoms with E-state index in [1.807, 2.05) is 57.2 Å². The van der Waals surface area contributed by atoms with Crippen LogP contribution in [0, 0.1) is 13.8 Å². The van der Waals surface area contributed by atoms with Crippen molar-refractivity contribution in [2.75, 3.05) is 10.6 Å². The molecule has 0 bridgehead atoms. The highest BCUT2D eigenvalue weighted by molar-refractivity contribution is 7.92. The predicted molar refractivity (Wildman–Crippen MR) is 110 cm³/mol. The van der Waals surface area contributed by atoms with Crippen molar-refractivity contribution >= 4 is 21.6 Å². The predicted octanol–water partition coefficient (Wildman–Crippen LogP) is 3.73. The monoisotopic (exact) mass is 388 g/mol. The summed E-state index contributed by atoms with van der Waals surface area (Å²) in [4.78, 5) is 12.9. The van der Waals surface area contributed by atoms with Gasteiger partial charge in [-0.3, -0.25) is 9.10 Å². The van der Waals surface area contributed by atoms with Gasteiger partial charge in [0.15, 0.2) is 0 Å². The number of amides is 1. The van der Waals surface area contributed by atoms with Crippen LogP contribution in [0.3, 0.4) is 0 Å². The van der Waals surface area contributed by atoms with Crippen LogP contribution in [0.4, 0.5) is 5.69 Å². The number of hydrogen-bond donors (Lipinski definition) is 1. The fourth-order valence-electron chi connectivity index (χ4n) is 3.01. The molecular weight excluding hydrogens is 360 g/mol. The van der Waals surface area contributed by atoms with Crippen LogP contribution in [0.1, 0.15) is 43.0 Å². The molecule has 2 aromatic rings. The van der Waals surface area contributed by atoms with Crippen molar-refractivity contribution in [1.29, 1.82) is 0 Å². The van der Waals surface area contributed by atoms with Crippen molar-refractivity contribution in [3.63, 3.8) is 0 Å². The second-order valence-electron chi connectivity index (χ2n) is 6.95. The minimum atomic E-state index is -3.62. The second kappa shape index (κ2) is 8.57. The summed E-state index contributed by atoms with van der Waals surface area (Å²) < 4.78 is 25.9. The van der Waals surface area contributed by atoms with Crippen LogP contribution >= 0.6 is 0 Å². The third-order valence-corrected chi connectivity index (χ3v) is 5.82. The summed E-state index contributed by atoms with van der Waals surface area (Å²) >= 11 is 0. The van der Waals surface area contributed by atoms with E-state index in [1.165, 1.54) is 4.31 Å². The lowest BCUT2D eigenvalue weighted by molar-refractivity contribution is -0.122. The molecule has 0 heterocycles. The summed E-state index contributed by atoms with van der Waals surface area (Å²) in [6, 6.07) is 14.1. The zero-order valence-corrected chi connectivity index (χ0v) is 17.4. The summed E-state index contributed by atoms with van der Waals surface area (Å²) in [6.45, 7) is 7.54. The Bertz CT molecular complexity index is 875. The van der Waals surface area contributed by atoms with E-state index in [-0.39, 0.29) is 11.9 Å². The fourth-order valence-corrected chi connectivity index (χ4v) is 4.19. The van der Waals surface area contributed by atoms with Crippen LogP contribution in [0.25, 0.3) is 0 Å². The van der Waals surface area contributed by atoms with Gasteiger partial charge in [0, 0.05) is 0 Å². The van der Waals surface area contributed by atoms with Crippen LogP contribution < -0.4 is 9.62 Å². The Morgan fingerprint density at radius 2 is 1.48 bits per heavy atom. The lowest BCUT2D eigenvalue weighted by Crippen LogP contribution is -2.48. The summed E-state index contributed by atoms with van der Waals surface area (Å²) in [6.07, 6.45) is 1.83. The number of sulfonamides is 1. The topological polar surface area (TPSA) is 66.5 Å². The van der Waals surface area contributed by atoms with Crippen LogP contribution in [0.5, 0.6) is 0 Å². The molecule has 0 saturated heterocycles. The highest BCUT2D eigenvalue weighted by Gasteiger charge is 2.30. The van der Waals surface area contributed by atoms with Crippen molar-refractivity contribution in [2.45, 2.75) is 46.2 Å². The summed E-state index contributed by atoms with van der Waals surface area (Å²) in [5.41, 5.74) is 3.66. The molecule has 0 spiro atoms. The zero-order chi connectivity index (χ0) is 20.2. The van der Waals surface area contributed by atoms with Gasteiger partial charge in [-0.1, -0.05) is 54.4 Å². The molecule has 0 unspecified atom stereocenters. The molecule has 2 aromatic carbocycles. The lowest BCUT2D eigenvalue weighted by Gasteiger charge is -2.30. The average Bonchev–Trinajstić information content (AvgIpc) is 2.61. The highest BCUT2D eigenvalue weighted by Crippen LogP contribution is 2.23. The maximum absolute atomic E-state index is 12.9. The Labute approximate surface area is 162 Å². The van der Waals surface area contributed by atoms with Crippen LogP contribution in [-0.4, -0.2) is 26.6 Å². The van der Waals surface area contributed by atoms with Gasteiger partial charge in [-0.15, -0.1) is 0 Å². The number of nitrogens with zero attached hydrogens (tertiary/aromatic N) is 1. The smallest absolute Gasteiger partial charge is 0.244 e. The van der Waals surface area contributed by atoms with E-state index < -0.39 is 16.1 Å². The van der Waals surface area contributed by atoms with Crippen LogP contribution in [-0.2, 0) is 14.8 Å². The maximum atomic E-state index is 12.9. The Morgan fingerprint density at radius 1 is 1.00 bits per heavy atom. The molecule has 27 heavy (non-hydrogen) atoms. The van der Waals surface area contributed by atoms with Crippen LogP contribution in [0.2, 0.25) is 0 Å². The quantitative estimate of drug-likeness (QED) is 0.786. The van der Waals surface area contributed by atoms with E-state index in [1.54, 1.807) is 19.1 Å². The molecule has 2 rings (SSSR count). The standard InChI is InChI=1S/C21H28N2O3S/c1-6-20(18-11-7-15(2)8-12-18)22-21(24)17(4)23(27(5,25)26)19-13-9-16(3)10-14-19/h7-14,17,20H,6H2,1-5H3,(H,22,24)/t17-,20-/m0/s1. The first kappa shape index (κ1) is 21.0. The minimum absolute atomic E-state index is 0.167. The molecule has 5 nitrogen and oxygen atoms in total. The number of rotatable bonds is 7. The molecule has 0 aliphatic heterocycles. The number of benzene rings is 2. The van der Waals surface area contributed by atoms with Gasteiger partial charge in [0.05, 0.1) is 18.0 Å². The van der Waals surface area contributed by atoms with E-state index in [4.69, 9.17) is 0 Å². The van der Waals surface area contributed by atoms with Gasteiger partial charge in [-0.25, -0.2) is 8.42 Å². The SMILES string of the molecule is CC[C@H](NC(=O)[C@H](C)N(c1ccc(C)cc1)S(C)(=O)=O)c1ccc(C)cc1. The third kappa shape index (κ3) is 5.32. The molecule has 146 valence electrons. The fraction of sp³-hybridized carbons (Fsp3) is 0.381. The number of anilines is 1. The number of carbonyl (C=O) groups excluding carboxylic acids is 1. The van der Waals surface area contributed by atoms with Gasteiger partial charge >= 0.3 is 0 Å². The largest absolute Gasteiger partial charge is 0.347 e. The van der Waals surface area contributed by atoms with Gasteiger partial charge in [0.25, 0.3) is 0 Å². The molecule has 0 fully saturated rings. The number of hydrogen-bond acceptors (Lipinski definition) is 3. The van der Waals surface area contributed by atoms with Gasteiger partial charge in [-0.05, 0) is 44.9 Å². The van der Waals surface area contributed by atoms with Crippen molar-refractivity contribution in [1.82, 2.24) is 5.32 Å². The van der Waals surface area contributed by atoms with E-state index in [9.17, 15) is 13.2 Å². The Kier molecular flexibility index (Phi) is 6.65. The van der Waals surface area contributed by atoms with Crippen molar-refractivity contribution in [2.24, 2.45) is 0 Å². The lowest BCUT2D eigenvalue weighted by atomic mass is 10.0. The number of aryl methyl sites for hydroxylation is 2. The first-order chi connectivity index (χ1) is 12.6. The van der Waals surface area contributed by atoms with Gasteiger partial charge in [0.1, 0.15) is 6.04 Å². The minimum Gasteiger partial charge on any atom is -0.347 e. The summed E-state index contributed by atoms with van der Waals surface area (Å²) in [5.74, 6) is -0.326. The molecular formula is C21H28N2O3S. The van der Waals surface area contributed by atoms with Gasteiger partial charge in [0.2, 0.25) is 15.9 Å². The molecule has 0 radical (unpaired) electrons. The van der Waals surface area contributed by atoms with E-state index >= 15 is 0 Å². The normalized spacial score (nSPS) is 13.7. The molecule has 0 aromatic heterocycles. The molecule has 2 atom stereocenters. The summed E-state index contributed by atoms with van der Waals surface area (Å²) in [7, 11) is -3.62. The van der Waals surface area contributed by atoms with E-state index in [2.05, 4.69) is 5.32 Å². The first-order valence-electron chi connectivity index (χ1n) is 9.06. The number of carbonyl (C=O) groups is 1. The molecule has 0 saturated carbocycles. The zero-order valence-electron chi connectivity index (χ0n) is 16.6. The molecule has 1 N–H and O–H groups in total. The maximum Gasteiger partial charge on any atom is 0.244 e.